The molecule has 2 aromatic rings. The zero-order valence-corrected chi connectivity index (χ0v) is 11.5. The second kappa shape index (κ2) is 5.61. The molecule has 0 aliphatic rings. The molecule has 0 saturated carbocycles. The molecule has 19 heavy (non-hydrogen) atoms. The van der Waals surface area contributed by atoms with Crippen LogP contribution in [0.3, 0.4) is 0 Å². The van der Waals surface area contributed by atoms with Gasteiger partial charge in [0.15, 0.2) is 11.6 Å². The van der Waals surface area contributed by atoms with Gasteiger partial charge in [-0.1, -0.05) is 23.2 Å². The Labute approximate surface area is 122 Å². The van der Waals surface area contributed by atoms with Crippen molar-refractivity contribution in [1.29, 1.82) is 0 Å². The SMILES string of the molecule is Fc1cc(F)c(C(Cl)c2cc(Cl)ccc2Cl)cc1F. The second-order valence-corrected chi connectivity index (χ2v) is 5.10. The molecule has 1 unspecified atom stereocenters. The van der Waals surface area contributed by atoms with E-state index in [1.807, 2.05) is 0 Å². The van der Waals surface area contributed by atoms with Crippen LogP contribution >= 0.6 is 34.8 Å². The van der Waals surface area contributed by atoms with E-state index < -0.39 is 22.8 Å². The molecule has 0 aromatic heterocycles. The molecule has 0 saturated heterocycles. The number of rotatable bonds is 2. The third-order valence-corrected chi connectivity index (χ3v) is 3.59. The Bertz CT molecular complexity index is 629. The second-order valence-electron chi connectivity index (χ2n) is 3.82. The Morgan fingerprint density at radius 3 is 2.11 bits per heavy atom. The fourth-order valence-electron chi connectivity index (χ4n) is 1.61. The van der Waals surface area contributed by atoms with Gasteiger partial charge in [0.2, 0.25) is 0 Å². The summed E-state index contributed by atoms with van der Waals surface area (Å²) in [6.45, 7) is 0. The molecule has 0 radical (unpaired) electrons. The van der Waals surface area contributed by atoms with Crippen LogP contribution in [0.4, 0.5) is 13.2 Å². The maximum absolute atomic E-state index is 13.6. The van der Waals surface area contributed by atoms with E-state index in [-0.39, 0.29) is 10.6 Å². The summed E-state index contributed by atoms with van der Waals surface area (Å²) in [5.74, 6) is -3.41. The molecular formula is C13H6Cl3F3. The van der Waals surface area contributed by atoms with Crippen LogP contribution in [-0.2, 0) is 0 Å². The Hall–Kier alpha value is -0.900. The van der Waals surface area contributed by atoms with Crippen LogP contribution in [-0.4, -0.2) is 0 Å². The molecule has 100 valence electrons. The van der Waals surface area contributed by atoms with Crippen molar-refractivity contribution in [3.8, 4) is 0 Å². The Morgan fingerprint density at radius 2 is 1.42 bits per heavy atom. The van der Waals surface area contributed by atoms with Crippen molar-refractivity contribution in [2.75, 3.05) is 0 Å². The minimum Gasteiger partial charge on any atom is -0.207 e. The molecule has 2 rings (SSSR count). The first-order valence-corrected chi connectivity index (χ1v) is 6.33. The largest absolute Gasteiger partial charge is 0.207 e. The van der Waals surface area contributed by atoms with Crippen LogP contribution in [0.5, 0.6) is 0 Å². The minimum absolute atomic E-state index is 0.204. The van der Waals surface area contributed by atoms with Gasteiger partial charge >= 0.3 is 0 Å². The average Bonchev–Trinajstić information content (AvgIpc) is 2.36. The summed E-state index contributed by atoms with van der Waals surface area (Å²) in [6.07, 6.45) is 0. The number of hydrogen-bond acceptors (Lipinski definition) is 0. The van der Waals surface area contributed by atoms with Crippen LogP contribution in [0.25, 0.3) is 0 Å². The highest BCUT2D eigenvalue weighted by Crippen LogP contribution is 2.36. The van der Waals surface area contributed by atoms with Gasteiger partial charge < -0.3 is 0 Å². The van der Waals surface area contributed by atoms with E-state index in [9.17, 15) is 13.2 Å². The lowest BCUT2D eigenvalue weighted by Crippen LogP contribution is -2.01. The van der Waals surface area contributed by atoms with E-state index in [2.05, 4.69) is 0 Å². The first-order chi connectivity index (χ1) is 8.90. The van der Waals surface area contributed by atoms with E-state index in [0.717, 1.165) is 0 Å². The molecular weight excluding hydrogens is 319 g/mol. The maximum Gasteiger partial charge on any atom is 0.161 e. The van der Waals surface area contributed by atoms with Crippen LogP contribution in [0.1, 0.15) is 16.5 Å². The van der Waals surface area contributed by atoms with Gasteiger partial charge in [-0.3, -0.25) is 0 Å². The monoisotopic (exact) mass is 324 g/mol. The van der Waals surface area contributed by atoms with Gasteiger partial charge in [-0.25, -0.2) is 13.2 Å². The Kier molecular flexibility index (Phi) is 4.29. The first kappa shape index (κ1) is 14.5. The minimum atomic E-state index is -1.28. The number of benzene rings is 2. The van der Waals surface area contributed by atoms with E-state index in [4.69, 9.17) is 34.8 Å². The highest BCUT2D eigenvalue weighted by Gasteiger charge is 2.20. The summed E-state index contributed by atoms with van der Waals surface area (Å²) in [5.41, 5.74) is 0.116. The predicted octanol–water partition coefficient (Wildman–Crippen LogP) is 5.74. The van der Waals surface area contributed by atoms with Crippen LogP contribution in [0.2, 0.25) is 10.0 Å². The standard InChI is InChI=1S/C13H6Cl3F3/c14-6-1-2-9(15)7(3-6)13(16)8-4-11(18)12(19)5-10(8)17/h1-5,13H. The molecule has 1 atom stereocenters. The van der Waals surface area contributed by atoms with Gasteiger partial charge in [-0.15, -0.1) is 11.6 Å². The highest BCUT2D eigenvalue weighted by atomic mass is 35.5. The van der Waals surface area contributed by atoms with Gasteiger partial charge in [0.05, 0.1) is 5.38 Å². The van der Waals surface area contributed by atoms with Gasteiger partial charge in [-0.2, -0.15) is 0 Å². The first-order valence-electron chi connectivity index (χ1n) is 5.13. The summed E-state index contributed by atoms with van der Waals surface area (Å²) >= 11 is 17.8. The van der Waals surface area contributed by atoms with Crippen molar-refractivity contribution in [3.63, 3.8) is 0 Å². The molecule has 0 bridgehead atoms. The van der Waals surface area contributed by atoms with E-state index >= 15 is 0 Å². The number of hydrogen-bond donors (Lipinski definition) is 0. The van der Waals surface area contributed by atoms with Crippen molar-refractivity contribution in [3.05, 3.63) is 69.0 Å². The average molecular weight is 326 g/mol. The zero-order valence-electron chi connectivity index (χ0n) is 9.23. The summed E-state index contributed by atoms with van der Waals surface area (Å²) in [6, 6.07) is 5.63. The zero-order chi connectivity index (χ0) is 14.2. The molecule has 0 N–H and O–H groups in total. The van der Waals surface area contributed by atoms with Crippen molar-refractivity contribution in [2.24, 2.45) is 0 Å². The lowest BCUT2D eigenvalue weighted by Gasteiger charge is -2.13. The fraction of sp³-hybridized carbons (Fsp3) is 0.0769. The van der Waals surface area contributed by atoms with Gasteiger partial charge in [0.25, 0.3) is 0 Å². The van der Waals surface area contributed by atoms with Gasteiger partial charge in [0, 0.05) is 21.7 Å². The molecule has 0 heterocycles. The third kappa shape index (κ3) is 2.99. The molecule has 0 aliphatic heterocycles. The molecule has 0 amide bonds. The number of alkyl halides is 1. The van der Waals surface area contributed by atoms with E-state index in [0.29, 0.717) is 22.7 Å². The smallest absolute Gasteiger partial charge is 0.161 e. The molecule has 0 spiro atoms. The predicted molar refractivity (Wildman–Crippen MR) is 70.5 cm³/mol. The lowest BCUT2D eigenvalue weighted by atomic mass is 10.0. The Balaban J connectivity index is 2.52. The summed E-state index contributed by atoms with van der Waals surface area (Å²) < 4.78 is 39.7. The third-order valence-electron chi connectivity index (χ3n) is 2.54. The molecule has 0 nitrogen and oxygen atoms in total. The van der Waals surface area contributed by atoms with Crippen molar-refractivity contribution in [2.45, 2.75) is 5.38 Å². The quantitative estimate of drug-likeness (QED) is 0.488. The normalized spacial score (nSPS) is 12.5. The topological polar surface area (TPSA) is 0 Å². The molecule has 0 fully saturated rings. The maximum atomic E-state index is 13.6. The highest BCUT2D eigenvalue weighted by molar-refractivity contribution is 6.35. The lowest BCUT2D eigenvalue weighted by molar-refractivity contribution is 0.490. The summed E-state index contributed by atoms with van der Waals surface area (Å²) in [7, 11) is 0. The van der Waals surface area contributed by atoms with E-state index in [1.54, 1.807) is 6.07 Å². The van der Waals surface area contributed by atoms with Crippen LogP contribution in [0.15, 0.2) is 30.3 Å². The van der Waals surface area contributed by atoms with Crippen molar-refractivity contribution < 1.29 is 13.2 Å². The van der Waals surface area contributed by atoms with E-state index in [1.165, 1.54) is 12.1 Å². The van der Waals surface area contributed by atoms with Crippen LogP contribution < -0.4 is 0 Å². The van der Waals surface area contributed by atoms with Gasteiger partial charge in [-0.05, 0) is 29.8 Å². The molecule has 6 heteroatoms. The summed E-state index contributed by atoms with van der Waals surface area (Å²) in [4.78, 5) is 0. The van der Waals surface area contributed by atoms with Crippen LogP contribution in [0, 0.1) is 17.5 Å². The van der Waals surface area contributed by atoms with Crippen molar-refractivity contribution in [1.82, 2.24) is 0 Å². The Morgan fingerprint density at radius 1 is 0.789 bits per heavy atom. The molecule has 0 aliphatic carbocycles. The van der Waals surface area contributed by atoms with Crippen molar-refractivity contribution >= 4 is 34.8 Å². The fourth-order valence-corrected chi connectivity index (χ4v) is 2.42. The molecule has 2 aromatic carbocycles. The summed E-state index contributed by atoms with van der Waals surface area (Å²) in [5, 5.41) is -0.456. The van der Waals surface area contributed by atoms with Gasteiger partial charge in [0.1, 0.15) is 5.82 Å². The number of halogens is 6.